The molecule has 0 bridgehead atoms. The molecule has 3 heteroatoms. The lowest BCUT2D eigenvalue weighted by Gasteiger charge is -2.34. The van der Waals surface area contributed by atoms with E-state index in [0.717, 1.165) is 6.54 Å². The zero-order valence-electron chi connectivity index (χ0n) is 7.87. The van der Waals surface area contributed by atoms with Crippen molar-refractivity contribution in [1.82, 2.24) is 5.32 Å². The predicted octanol–water partition coefficient (Wildman–Crippen LogP) is 0.300. The van der Waals surface area contributed by atoms with Crippen molar-refractivity contribution in [2.45, 2.75) is 31.6 Å². The minimum Gasteiger partial charge on any atom is -0.386 e. The Morgan fingerprint density at radius 1 is 1.75 bits per heavy atom. The summed E-state index contributed by atoms with van der Waals surface area (Å²) in [4.78, 5) is 0. The highest BCUT2D eigenvalue weighted by Crippen LogP contribution is 2.20. The molecule has 0 saturated heterocycles. The molecule has 1 rings (SSSR count). The number of rotatable bonds is 3. The van der Waals surface area contributed by atoms with E-state index in [1.54, 1.807) is 14.0 Å². The first-order chi connectivity index (χ1) is 5.59. The molecule has 1 heterocycles. The largest absolute Gasteiger partial charge is 0.386 e. The van der Waals surface area contributed by atoms with E-state index in [0.29, 0.717) is 0 Å². The summed E-state index contributed by atoms with van der Waals surface area (Å²) in [6, 6.07) is 0.00690. The van der Waals surface area contributed by atoms with Crippen LogP contribution >= 0.6 is 0 Å². The Morgan fingerprint density at radius 3 is 2.83 bits per heavy atom. The van der Waals surface area contributed by atoms with E-state index >= 15 is 0 Å². The maximum atomic E-state index is 10.0. The second-order valence-corrected chi connectivity index (χ2v) is 3.42. The van der Waals surface area contributed by atoms with E-state index in [1.807, 2.05) is 19.1 Å². The molecule has 0 amide bonds. The minimum absolute atomic E-state index is 0.00690. The number of hydrogen-bond donors (Lipinski definition) is 2. The molecule has 3 unspecified atom stereocenters. The summed E-state index contributed by atoms with van der Waals surface area (Å²) < 4.78 is 5.10. The summed E-state index contributed by atoms with van der Waals surface area (Å²) in [6.45, 7) is 4.49. The Kier molecular flexibility index (Phi) is 2.88. The molecule has 3 atom stereocenters. The lowest BCUT2D eigenvalue weighted by Crippen LogP contribution is -2.53. The van der Waals surface area contributed by atoms with Crippen LogP contribution in [-0.2, 0) is 4.74 Å². The van der Waals surface area contributed by atoms with Gasteiger partial charge in [-0.05, 0) is 13.8 Å². The molecule has 0 aromatic rings. The fraction of sp³-hybridized carbons (Fsp3) is 0.778. The number of hydrogen-bond acceptors (Lipinski definition) is 3. The van der Waals surface area contributed by atoms with E-state index in [4.69, 9.17) is 4.74 Å². The van der Waals surface area contributed by atoms with Crippen LogP contribution in [0.5, 0.6) is 0 Å². The molecule has 1 aliphatic rings. The van der Waals surface area contributed by atoms with Gasteiger partial charge in [0.1, 0.15) is 5.60 Å². The average Bonchev–Trinajstić information content (AvgIpc) is 2.55. The summed E-state index contributed by atoms with van der Waals surface area (Å²) in [6.07, 6.45) is 3.83. The van der Waals surface area contributed by atoms with Crippen LogP contribution < -0.4 is 5.32 Å². The number of ether oxygens (including phenoxy) is 1. The standard InChI is InChI=1S/C9H17NO2/c1-7(12-3)9(2,11)8-5-4-6-10-8/h4-5,7-8,10-11H,6H2,1-3H3. The van der Waals surface area contributed by atoms with Gasteiger partial charge in [0.15, 0.2) is 0 Å². The van der Waals surface area contributed by atoms with E-state index in [-0.39, 0.29) is 12.1 Å². The number of aliphatic hydroxyl groups is 1. The molecule has 0 aliphatic carbocycles. The SMILES string of the molecule is COC(C)C(C)(O)C1C=CCN1. The van der Waals surface area contributed by atoms with Gasteiger partial charge in [-0.25, -0.2) is 0 Å². The van der Waals surface area contributed by atoms with Gasteiger partial charge in [-0.3, -0.25) is 0 Å². The average molecular weight is 171 g/mol. The quantitative estimate of drug-likeness (QED) is 0.600. The molecule has 0 aromatic carbocycles. The first-order valence-electron chi connectivity index (χ1n) is 4.24. The summed E-state index contributed by atoms with van der Waals surface area (Å²) in [5.41, 5.74) is -0.832. The minimum atomic E-state index is -0.832. The van der Waals surface area contributed by atoms with Gasteiger partial charge >= 0.3 is 0 Å². The predicted molar refractivity (Wildman–Crippen MR) is 48.0 cm³/mol. The Labute approximate surface area is 73.4 Å². The van der Waals surface area contributed by atoms with Gasteiger partial charge in [0.05, 0.1) is 12.1 Å². The highest BCUT2D eigenvalue weighted by atomic mass is 16.5. The molecule has 0 aromatic heterocycles. The summed E-state index contributed by atoms with van der Waals surface area (Å²) in [5, 5.41) is 13.2. The van der Waals surface area contributed by atoms with Crippen LogP contribution in [0.3, 0.4) is 0 Å². The lowest BCUT2D eigenvalue weighted by molar-refractivity contribution is -0.0832. The lowest BCUT2D eigenvalue weighted by atomic mass is 9.92. The van der Waals surface area contributed by atoms with Crippen molar-refractivity contribution in [3.63, 3.8) is 0 Å². The van der Waals surface area contributed by atoms with E-state index < -0.39 is 5.60 Å². The van der Waals surface area contributed by atoms with Gasteiger partial charge in [0.2, 0.25) is 0 Å². The van der Waals surface area contributed by atoms with Crippen LogP contribution in [0.25, 0.3) is 0 Å². The van der Waals surface area contributed by atoms with E-state index in [2.05, 4.69) is 5.32 Å². The molecular weight excluding hydrogens is 154 g/mol. The van der Waals surface area contributed by atoms with Crippen LogP contribution in [-0.4, -0.2) is 36.5 Å². The number of methoxy groups -OCH3 is 1. The molecule has 0 saturated carbocycles. The first-order valence-corrected chi connectivity index (χ1v) is 4.24. The Balaban J connectivity index is 2.62. The Hall–Kier alpha value is -0.380. The maximum absolute atomic E-state index is 10.0. The number of nitrogens with one attached hydrogen (secondary N) is 1. The third-order valence-corrected chi connectivity index (χ3v) is 2.59. The molecular formula is C9H17NO2. The second kappa shape index (κ2) is 3.56. The molecule has 1 aliphatic heterocycles. The van der Waals surface area contributed by atoms with Gasteiger partial charge < -0.3 is 15.2 Å². The normalized spacial score (nSPS) is 30.2. The monoisotopic (exact) mass is 171 g/mol. The van der Waals surface area contributed by atoms with Crippen molar-refractivity contribution in [1.29, 1.82) is 0 Å². The zero-order chi connectivity index (χ0) is 9.19. The molecule has 0 fully saturated rings. The second-order valence-electron chi connectivity index (χ2n) is 3.42. The highest BCUT2D eigenvalue weighted by Gasteiger charge is 2.36. The van der Waals surface area contributed by atoms with E-state index in [9.17, 15) is 5.11 Å². The van der Waals surface area contributed by atoms with Gasteiger partial charge in [0, 0.05) is 13.7 Å². The summed E-state index contributed by atoms with van der Waals surface area (Å²) in [7, 11) is 1.61. The van der Waals surface area contributed by atoms with Crippen molar-refractivity contribution in [3.8, 4) is 0 Å². The topological polar surface area (TPSA) is 41.5 Å². The van der Waals surface area contributed by atoms with Crippen LogP contribution in [0.15, 0.2) is 12.2 Å². The van der Waals surface area contributed by atoms with Crippen LogP contribution in [0, 0.1) is 0 Å². The molecule has 0 spiro atoms. The highest BCUT2D eigenvalue weighted by molar-refractivity contribution is 5.11. The van der Waals surface area contributed by atoms with Crippen LogP contribution in [0.1, 0.15) is 13.8 Å². The van der Waals surface area contributed by atoms with Gasteiger partial charge in [-0.15, -0.1) is 0 Å². The first kappa shape index (κ1) is 9.71. The summed E-state index contributed by atoms with van der Waals surface area (Å²) >= 11 is 0. The van der Waals surface area contributed by atoms with Crippen molar-refractivity contribution in [3.05, 3.63) is 12.2 Å². The van der Waals surface area contributed by atoms with Crippen LogP contribution in [0.4, 0.5) is 0 Å². The zero-order valence-corrected chi connectivity index (χ0v) is 7.87. The van der Waals surface area contributed by atoms with Crippen molar-refractivity contribution < 1.29 is 9.84 Å². The Bertz CT molecular complexity index is 177. The van der Waals surface area contributed by atoms with Crippen LogP contribution in [0.2, 0.25) is 0 Å². The van der Waals surface area contributed by atoms with Crippen molar-refractivity contribution in [2.75, 3.05) is 13.7 Å². The van der Waals surface area contributed by atoms with Crippen molar-refractivity contribution >= 4 is 0 Å². The fourth-order valence-electron chi connectivity index (χ4n) is 1.36. The van der Waals surface area contributed by atoms with Gasteiger partial charge in [-0.2, -0.15) is 0 Å². The van der Waals surface area contributed by atoms with Gasteiger partial charge in [-0.1, -0.05) is 12.2 Å². The molecule has 2 N–H and O–H groups in total. The Morgan fingerprint density at radius 2 is 2.42 bits per heavy atom. The third-order valence-electron chi connectivity index (χ3n) is 2.59. The third kappa shape index (κ3) is 1.68. The molecule has 0 radical (unpaired) electrons. The van der Waals surface area contributed by atoms with Crippen molar-refractivity contribution in [2.24, 2.45) is 0 Å². The van der Waals surface area contributed by atoms with Gasteiger partial charge in [0.25, 0.3) is 0 Å². The molecule has 3 nitrogen and oxygen atoms in total. The fourth-order valence-corrected chi connectivity index (χ4v) is 1.36. The maximum Gasteiger partial charge on any atom is 0.106 e. The van der Waals surface area contributed by atoms with E-state index in [1.165, 1.54) is 0 Å². The molecule has 12 heavy (non-hydrogen) atoms. The summed E-state index contributed by atoms with van der Waals surface area (Å²) in [5.74, 6) is 0. The molecule has 70 valence electrons. The smallest absolute Gasteiger partial charge is 0.106 e.